The van der Waals surface area contributed by atoms with Crippen molar-refractivity contribution in [2.45, 2.75) is 13.5 Å². The van der Waals surface area contributed by atoms with Crippen LogP contribution in [0.5, 0.6) is 5.88 Å². The van der Waals surface area contributed by atoms with E-state index in [1.165, 1.54) is 12.4 Å². The Kier molecular flexibility index (Phi) is 4.34. The second kappa shape index (κ2) is 6.59. The molecule has 0 aliphatic heterocycles. The number of carbonyl (C=O) groups is 1. The van der Waals surface area contributed by atoms with E-state index in [0.717, 1.165) is 0 Å². The van der Waals surface area contributed by atoms with E-state index in [2.05, 4.69) is 25.3 Å². The number of aromatic nitrogens is 5. The van der Waals surface area contributed by atoms with Crippen molar-refractivity contribution in [3.8, 4) is 17.3 Å². The summed E-state index contributed by atoms with van der Waals surface area (Å²) in [5.41, 5.74) is 1.45. The fourth-order valence-corrected chi connectivity index (χ4v) is 2.12. The molecule has 0 aliphatic carbocycles. The van der Waals surface area contributed by atoms with Gasteiger partial charge in [0.25, 0.3) is 0 Å². The maximum atomic E-state index is 10.9. The van der Waals surface area contributed by atoms with Crippen LogP contribution in [0.3, 0.4) is 0 Å². The predicted molar refractivity (Wildman–Crippen MR) is 80.6 cm³/mol. The molecular weight excluding hydrogens is 338 g/mol. The lowest BCUT2D eigenvalue weighted by molar-refractivity contribution is 0.0689. The van der Waals surface area contributed by atoms with E-state index in [1.807, 2.05) is 0 Å². The average Bonchev–Trinajstić information content (AvgIpc) is 2.94. The van der Waals surface area contributed by atoms with E-state index in [9.17, 15) is 4.79 Å². The first-order chi connectivity index (χ1) is 11.6. The van der Waals surface area contributed by atoms with E-state index in [1.54, 1.807) is 19.2 Å². The minimum Gasteiger partial charge on any atom is -0.476 e. The van der Waals surface area contributed by atoms with Gasteiger partial charge in [0.15, 0.2) is 5.69 Å². The highest BCUT2D eigenvalue weighted by Crippen LogP contribution is 2.25. The van der Waals surface area contributed by atoms with Gasteiger partial charge in [0, 0.05) is 12.3 Å². The summed E-state index contributed by atoms with van der Waals surface area (Å²) in [4.78, 5) is 18.8. The molecule has 9 nitrogen and oxygen atoms in total. The summed E-state index contributed by atoms with van der Waals surface area (Å²) in [6.07, 6.45) is 2.99. The predicted octanol–water partition coefficient (Wildman–Crippen LogP) is 2.16. The van der Waals surface area contributed by atoms with Gasteiger partial charge >= 0.3 is 5.97 Å². The van der Waals surface area contributed by atoms with Crippen LogP contribution in [0.15, 0.2) is 29.2 Å². The van der Waals surface area contributed by atoms with E-state index in [-0.39, 0.29) is 23.2 Å². The molecule has 3 heterocycles. The third-order valence-electron chi connectivity index (χ3n) is 3.10. The molecule has 24 heavy (non-hydrogen) atoms. The quantitative estimate of drug-likeness (QED) is 0.738. The topological polar surface area (TPSA) is 124 Å². The van der Waals surface area contributed by atoms with Gasteiger partial charge < -0.3 is 14.4 Å². The fourth-order valence-electron chi connectivity index (χ4n) is 1.91. The zero-order valence-electron chi connectivity index (χ0n) is 12.3. The third kappa shape index (κ3) is 3.15. The summed E-state index contributed by atoms with van der Waals surface area (Å²) in [5.74, 6) is -0.621. The Morgan fingerprint density at radius 3 is 2.92 bits per heavy atom. The highest BCUT2D eigenvalue weighted by atomic mass is 35.5. The summed E-state index contributed by atoms with van der Waals surface area (Å²) in [6, 6.07) is 2.98. The first kappa shape index (κ1) is 15.8. The van der Waals surface area contributed by atoms with Gasteiger partial charge in [-0.3, -0.25) is 0 Å². The summed E-state index contributed by atoms with van der Waals surface area (Å²) in [5, 5.41) is 20.0. The van der Waals surface area contributed by atoms with Crippen molar-refractivity contribution >= 4 is 17.6 Å². The summed E-state index contributed by atoms with van der Waals surface area (Å²) >= 11 is 5.83. The van der Waals surface area contributed by atoms with Gasteiger partial charge in [0.2, 0.25) is 5.88 Å². The Balaban J connectivity index is 1.82. The van der Waals surface area contributed by atoms with Crippen LogP contribution in [-0.2, 0) is 6.61 Å². The van der Waals surface area contributed by atoms with E-state index in [0.29, 0.717) is 22.7 Å². The molecule has 3 aromatic rings. The number of hydrogen-bond donors (Lipinski definition) is 1. The number of hydrogen-bond acceptors (Lipinski definition) is 8. The molecule has 1 N–H and O–H groups in total. The smallest absolute Gasteiger partial charge is 0.358 e. The normalized spacial score (nSPS) is 10.6. The molecule has 0 spiro atoms. The van der Waals surface area contributed by atoms with Gasteiger partial charge in [-0.25, -0.2) is 14.8 Å². The lowest BCUT2D eigenvalue weighted by atomic mass is 10.1. The van der Waals surface area contributed by atoms with E-state index >= 15 is 0 Å². The Labute approximate surface area is 140 Å². The van der Waals surface area contributed by atoms with Crippen LogP contribution >= 0.6 is 11.6 Å². The summed E-state index contributed by atoms with van der Waals surface area (Å²) in [6.45, 7) is 1.81. The van der Waals surface area contributed by atoms with Crippen molar-refractivity contribution < 1.29 is 19.2 Å². The number of carboxylic acids is 1. The molecule has 0 amide bonds. The van der Waals surface area contributed by atoms with Crippen LogP contribution in [0.2, 0.25) is 5.02 Å². The summed E-state index contributed by atoms with van der Waals surface area (Å²) in [7, 11) is 0. The molecule has 0 aromatic carbocycles. The molecule has 122 valence electrons. The number of aromatic carboxylic acids is 1. The van der Waals surface area contributed by atoms with Crippen molar-refractivity contribution in [1.82, 2.24) is 25.3 Å². The first-order valence-corrected chi connectivity index (χ1v) is 7.05. The van der Waals surface area contributed by atoms with Gasteiger partial charge in [-0.05, 0) is 13.0 Å². The molecule has 0 aliphatic rings. The minimum absolute atomic E-state index is 0.0643. The standard InChI is InChI=1S/C14H10ClN5O4/c1-7-8(12(20-24-7)10-2-3-16-6-17-10)5-23-11-4-9(15)13(14(21)22)19-18-11/h2-4,6H,5H2,1H3,(H,21,22). The van der Waals surface area contributed by atoms with Crippen LogP contribution in [0.4, 0.5) is 0 Å². The van der Waals surface area contributed by atoms with Crippen molar-refractivity contribution in [1.29, 1.82) is 0 Å². The van der Waals surface area contributed by atoms with E-state index in [4.69, 9.17) is 26.0 Å². The molecule has 0 atom stereocenters. The zero-order chi connectivity index (χ0) is 17.1. The molecule has 3 aromatic heterocycles. The second-order valence-corrected chi connectivity index (χ2v) is 5.04. The van der Waals surface area contributed by atoms with Gasteiger partial charge in [-0.2, -0.15) is 0 Å². The van der Waals surface area contributed by atoms with Gasteiger partial charge in [-0.1, -0.05) is 16.8 Å². The van der Waals surface area contributed by atoms with Gasteiger partial charge in [0.05, 0.1) is 16.3 Å². The van der Waals surface area contributed by atoms with Crippen LogP contribution in [0.25, 0.3) is 11.4 Å². The third-order valence-corrected chi connectivity index (χ3v) is 3.39. The number of halogens is 1. The zero-order valence-corrected chi connectivity index (χ0v) is 13.1. The molecule has 3 rings (SSSR count). The lowest BCUT2D eigenvalue weighted by Crippen LogP contribution is -2.06. The molecule has 0 saturated heterocycles. The molecule has 10 heteroatoms. The summed E-state index contributed by atoms with van der Waals surface area (Å²) < 4.78 is 10.7. The van der Waals surface area contributed by atoms with Crippen LogP contribution < -0.4 is 4.74 Å². The molecule has 0 saturated carbocycles. The van der Waals surface area contributed by atoms with E-state index < -0.39 is 5.97 Å². The van der Waals surface area contributed by atoms with Crippen molar-refractivity contribution in [2.75, 3.05) is 0 Å². The fraction of sp³-hybridized carbons (Fsp3) is 0.143. The Morgan fingerprint density at radius 2 is 2.25 bits per heavy atom. The SMILES string of the molecule is Cc1onc(-c2ccncn2)c1COc1cc(Cl)c(C(=O)O)nn1. The maximum Gasteiger partial charge on any atom is 0.358 e. The Hall–Kier alpha value is -3.07. The van der Waals surface area contributed by atoms with Crippen molar-refractivity contribution in [2.24, 2.45) is 0 Å². The molecular formula is C14H10ClN5O4. The number of carboxylic acid groups (broad SMARTS) is 1. The largest absolute Gasteiger partial charge is 0.476 e. The van der Waals surface area contributed by atoms with Crippen molar-refractivity contribution in [3.05, 3.63) is 46.7 Å². The Morgan fingerprint density at radius 1 is 1.42 bits per heavy atom. The number of rotatable bonds is 5. The highest BCUT2D eigenvalue weighted by molar-refractivity contribution is 6.33. The van der Waals surface area contributed by atoms with Crippen LogP contribution in [0.1, 0.15) is 21.8 Å². The molecule has 0 bridgehead atoms. The van der Waals surface area contributed by atoms with Gasteiger partial charge in [-0.15, -0.1) is 10.2 Å². The Bertz CT molecular complexity index is 884. The minimum atomic E-state index is -1.26. The van der Waals surface area contributed by atoms with Gasteiger partial charge in [0.1, 0.15) is 24.4 Å². The van der Waals surface area contributed by atoms with Crippen LogP contribution in [0, 0.1) is 6.92 Å². The van der Waals surface area contributed by atoms with Crippen molar-refractivity contribution in [3.63, 3.8) is 0 Å². The van der Waals surface area contributed by atoms with Crippen LogP contribution in [-0.4, -0.2) is 36.4 Å². The molecule has 0 radical (unpaired) electrons. The second-order valence-electron chi connectivity index (χ2n) is 4.63. The monoisotopic (exact) mass is 347 g/mol. The highest BCUT2D eigenvalue weighted by Gasteiger charge is 2.18. The average molecular weight is 348 g/mol. The first-order valence-electron chi connectivity index (χ1n) is 6.67. The molecule has 0 unspecified atom stereocenters. The number of ether oxygens (including phenoxy) is 1. The number of aryl methyl sites for hydroxylation is 1. The maximum absolute atomic E-state index is 10.9. The molecule has 0 fully saturated rings. The lowest BCUT2D eigenvalue weighted by Gasteiger charge is -2.06. The number of nitrogens with zero attached hydrogens (tertiary/aromatic N) is 5.